The summed E-state index contributed by atoms with van der Waals surface area (Å²) in [6.45, 7) is 2.25. The average molecular weight is 295 g/mol. The molecule has 0 aliphatic carbocycles. The Morgan fingerprint density at radius 2 is 2.15 bits per heavy atom. The van der Waals surface area contributed by atoms with Crippen molar-refractivity contribution < 1.29 is 14.3 Å². The minimum Gasteiger partial charge on any atom is -0.497 e. The SMILES string of the molecule is CCOC(=O)C1(Nc2ccc(OC)cc2)CCCSC1. The number of hydrogen-bond acceptors (Lipinski definition) is 5. The van der Waals surface area contributed by atoms with Crippen molar-refractivity contribution in [3.8, 4) is 5.75 Å². The predicted octanol–water partition coefficient (Wildman–Crippen LogP) is 2.94. The second-order valence-electron chi connectivity index (χ2n) is 4.81. The lowest BCUT2D eigenvalue weighted by Crippen LogP contribution is -2.51. The van der Waals surface area contributed by atoms with Crippen LogP contribution < -0.4 is 10.1 Å². The molecule has 1 aromatic carbocycles. The zero-order valence-electron chi connectivity index (χ0n) is 12.0. The van der Waals surface area contributed by atoms with Gasteiger partial charge in [-0.1, -0.05) is 0 Å². The molecule has 4 nitrogen and oxygen atoms in total. The fourth-order valence-corrected chi connectivity index (χ4v) is 3.50. The monoisotopic (exact) mass is 295 g/mol. The van der Waals surface area contributed by atoms with E-state index in [1.54, 1.807) is 18.9 Å². The summed E-state index contributed by atoms with van der Waals surface area (Å²) in [6, 6.07) is 7.63. The molecule has 20 heavy (non-hydrogen) atoms. The average Bonchev–Trinajstić information content (AvgIpc) is 2.49. The highest BCUT2D eigenvalue weighted by molar-refractivity contribution is 7.99. The van der Waals surface area contributed by atoms with Gasteiger partial charge in [0.25, 0.3) is 0 Å². The Balaban J connectivity index is 2.15. The summed E-state index contributed by atoms with van der Waals surface area (Å²) in [5.74, 6) is 2.50. The van der Waals surface area contributed by atoms with E-state index in [1.807, 2.05) is 31.2 Å². The third kappa shape index (κ3) is 3.39. The van der Waals surface area contributed by atoms with Crippen LogP contribution in [0.15, 0.2) is 24.3 Å². The minimum atomic E-state index is -0.604. The van der Waals surface area contributed by atoms with E-state index in [-0.39, 0.29) is 5.97 Å². The fourth-order valence-electron chi connectivity index (χ4n) is 2.33. The first-order valence-corrected chi connectivity index (χ1v) is 8.03. The second kappa shape index (κ2) is 6.88. The maximum Gasteiger partial charge on any atom is 0.332 e. The van der Waals surface area contributed by atoms with Gasteiger partial charge in [0, 0.05) is 11.4 Å². The van der Waals surface area contributed by atoms with Crippen LogP contribution in [0.2, 0.25) is 0 Å². The Labute approximate surface area is 124 Å². The first kappa shape index (κ1) is 15.0. The highest BCUT2D eigenvalue weighted by Crippen LogP contribution is 2.32. The smallest absolute Gasteiger partial charge is 0.332 e. The standard InChI is InChI=1S/C15H21NO3S/c1-3-19-14(17)15(9-4-10-20-11-15)16-12-5-7-13(18-2)8-6-12/h5-8,16H,3-4,9-11H2,1-2H3. The molecule has 0 saturated carbocycles. The van der Waals surface area contributed by atoms with Crippen LogP contribution in [0.4, 0.5) is 5.69 Å². The molecule has 1 saturated heterocycles. The fraction of sp³-hybridized carbons (Fsp3) is 0.533. The van der Waals surface area contributed by atoms with Crippen molar-refractivity contribution >= 4 is 23.4 Å². The molecule has 0 spiro atoms. The van der Waals surface area contributed by atoms with Gasteiger partial charge in [-0.3, -0.25) is 0 Å². The molecule has 0 radical (unpaired) electrons. The lowest BCUT2D eigenvalue weighted by molar-refractivity contribution is -0.148. The van der Waals surface area contributed by atoms with Gasteiger partial charge in [-0.15, -0.1) is 0 Å². The second-order valence-corrected chi connectivity index (χ2v) is 5.92. The van der Waals surface area contributed by atoms with Gasteiger partial charge in [-0.05, 0) is 49.8 Å². The molecule has 1 unspecified atom stereocenters. The van der Waals surface area contributed by atoms with Gasteiger partial charge in [0.2, 0.25) is 0 Å². The number of ether oxygens (including phenoxy) is 2. The number of methoxy groups -OCH3 is 1. The number of rotatable bonds is 5. The largest absolute Gasteiger partial charge is 0.497 e. The van der Waals surface area contributed by atoms with Crippen molar-refractivity contribution in [3.05, 3.63) is 24.3 Å². The summed E-state index contributed by atoms with van der Waals surface area (Å²) in [4.78, 5) is 12.3. The molecule has 1 heterocycles. The number of hydrogen-bond donors (Lipinski definition) is 1. The molecule has 1 aliphatic rings. The first-order chi connectivity index (χ1) is 9.70. The van der Waals surface area contributed by atoms with Crippen molar-refractivity contribution in [1.82, 2.24) is 0 Å². The number of carbonyl (C=O) groups is 1. The van der Waals surface area contributed by atoms with Crippen molar-refractivity contribution in [2.45, 2.75) is 25.3 Å². The summed E-state index contributed by atoms with van der Waals surface area (Å²) in [5.41, 5.74) is 0.314. The molecule has 1 fully saturated rings. The molecule has 0 bridgehead atoms. The summed E-state index contributed by atoms with van der Waals surface area (Å²) >= 11 is 1.79. The normalized spacial score (nSPS) is 22.1. The van der Waals surface area contributed by atoms with Gasteiger partial charge >= 0.3 is 5.97 Å². The van der Waals surface area contributed by atoms with E-state index < -0.39 is 5.54 Å². The maximum atomic E-state index is 12.3. The van der Waals surface area contributed by atoms with Crippen LogP contribution in [-0.2, 0) is 9.53 Å². The molecule has 0 amide bonds. The molecular formula is C15H21NO3S. The zero-order valence-corrected chi connectivity index (χ0v) is 12.8. The van der Waals surface area contributed by atoms with E-state index >= 15 is 0 Å². The molecule has 0 aromatic heterocycles. The predicted molar refractivity (Wildman–Crippen MR) is 82.5 cm³/mol. The Hall–Kier alpha value is -1.36. The van der Waals surface area contributed by atoms with Crippen molar-refractivity contribution in [2.24, 2.45) is 0 Å². The van der Waals surface area contributed by atoms with E-state index in [4.69, 9.17) is 9.47 Å². The lowest BCUT2D eigenvalue weighted by atomic mass is 9.95. The van der Waals surface area contributed by atoms with Gasteiger partial charge in [-0.2, -0.15) is 11.8 Å². The Morgan fingerprint density at radius 3 is 2.70 bits per heavy atom. The molecule has 1 aromatic rings. The van der Waals surface area contributed by atoms with Crippen LogP contribution in [0.25, 0.3) is 0 Å². The molecular weight excluding hydrogens is 274 g/mol. The van der Waals surface area contributed by atoms with Crippen LogP contribution in [0, 0.1) is 0 Å². The van der Waals surface area contributed by atoms with Gasteiger partial charge in [0.15, 0.2) is 0 Å². The van der Waals surface area contributed by atoms with E-state index in [2.05, 4.69) is 5.32 Å². The van der Waals surface area contributed by atoms with Crippen LogP contribution in [0.1, 0.15) is 19.8 Å². The quantitative estimate of drug-likeness (QED) is 0.846. The number of thioether (sulfide) groups is 1. The summed E-state index contributed by atoms with van der Waals surface area (Å²) in [6.07, 6.45) is 1.83. The molecule has 1 N–H and O–H groups in total. The van der Waals surface area contributed by atoms with Crippen LogP contribution in [0.3, 0.4) is 0 Å². The third-order valence-electron chi connectivity index (χ3n) is 3.38. The molecule has 110 valence electrons. The number of nitrogens with one attached hydrogen (secondary N) is 1. The van der Waals surface area contributed by atoms with Crippen molar-refractivity contribution in [2.75, 3.05) is 30.5 Å². The lowest BCUT2D eigenvalue weighted by Gasteiger charge is -2.36. The summed E-state index contributed by atoms with van der Waals surface area (Å²) in [5, 5.41) is 3.38. The minimum absolute atomic E-state index is 0.150. The van der Waals surface area contributed by atoms with Gasteiger partial charge in [0.1, 0.15) is 11.3 Å². The zero-order chi connectivity index (χ0) is 14.4. The van der Waals surface area contributed by atoms with Gasteiger partial charge in [-0.25, -0.2) is 4.79 Å². The summed E-state index contributed by atoms with van der Waals surface area (Å²) in [7, 11) is 1.64. The number of carbonyl (C=O) groups excluding carboxylic acids is 1. The van der Waals surface area contributed by atoms with Crippen molar-refractivity contribution in [1.29, 1.82) is 0 Å². The Morgan fingerprint density at radius 1 is 1.40 bits per heavy atom. The maximum absolute atomic E-state index is 12.3. The van der Waals surface area contributed by atoms with Crippen LogP contribution in [-0.4, -0.2) is 36.7 Å². The van der Waals surface area contributed by atoms with E-state index in [0.717, 1.165) is 35.8 Å². The van der Waals surface area contributed by atoms with Crippen LogP contribution in [0.5, 0.6) is 5.75 Å². The highest BCUT2D eigenvalue weighted by Gasteiger charge is 2.41. The topological polar surface area (TPSA) is 47.6 Å². The first-order valence-electron chi connectivity index (χ1n) is 6.87. The Bertz CT molecular complexity index is 441. The molecule has 1 aliphatic heterocycles. The van der Waals surface area contributed by atoms with E-state index in [9.17, 15) is 4.79 Å². The van der Waals surface area contributed by atoms with Gasteiger partial charge < -0.3 is 14.8 Å². The highest BCUT2D eigenvalue weighted by atomic mass is 32.2. The number of anilines is 1. The third-order valence-corrected chi connectivity index (χ3v) is 4.65. The van der Waals surface area contributed by atoms with Gasteiger partial charge in [0.05, 0.1) is 13.7 Å². The van der Waals surface area contributed by atoms with Crippen LogP contribution >= 0.6 is 11.8 Å². The number of benzene rings is 1. The van der Waals surface area contributed by atoms with Crippen molar-refractivity contribution in [3.63, 3.8) is 0 Å². The van der Waals surface area contributed by atoms with E-state index in [0.29, 0.717) is 6.61 Å². The number of esters is 1. The molecule has 1 atom stereocenters. The van der Waals surface area contributed by atoms with E-state index in [1.165, 1.54) is 0 Å². The molecule has 2 rings (SSSR count). The molecule has 5 heteroatoms. The summed E-state index contributed by atoms with van der Waals surface area (Å²) < 4.78 is 10.4. The Kier molecular flexibility index (Phi) is 5.17.